The Kier molecular flexibility index (Phi) is 3.30. The molecule has 0 amide bonds. The van der Waals surface area contributed by atoms with Gasteiger partial charge in [-0.3, -0.25) is 0 Å². The van der Waals surface area contributed by atoms with Crippen molar-refractivity contribution in [3.63, 3.8) is 0 Å². The van der Waals surface area contributed by atoms with Gasteiger partial charge in [-0.2, -0.15) is 12.6 Å². The molecule has 0 saturated carbocycles. The van der Waals surface area contributed by atoms with Crippen LogP contribution in [0.15, 0.2) is 24.3 Å². The Morgan fingerprint density at radius 3 is 2.36 bits per heavy atom. The molecule has 1 aromatic rings. The molecule has 0 aromatic heterocycles. The summed E-state index contributed by atoms with van der Waals surface area (Å²) < 4.78 is 5.28. The highest BCUT2D eigenvalue weighted by molar-refractivity contribution is 7.79. The minimum atomic E-state index is 0.722. The summed E-state index contributed by atoms with van der Waals surface area (Å²) in [5.41, 5.74) is 1.22. The van der Waals surface area contributed by atoms with E-state index in [1.165, 1.54) is 5.56 Å². The largest absolute Gasteiger partial charge is 0.494 e. The average molecular weight is 168 g/mol. The number of ether oxygens (including phenoxy) is 1. The number of hydrogen-bond acceptors (Lipinski definition) is 2. The summed E-state index contributed by atoms with van der Waals surface area (Å²) in [7, 11) is 0. The minimum absolute atomic E-state index is 0.722. The molecule has 0 heterocycles. The Bertz CT molecular complexity index is 205. The summed E-state index contributed by atoms with van der Waals surface area (Å²) in [6.45, 7) is 2.70. The van der Waals surface area contributed by atoms with Gasteiger partial charge in [0, 0.05) is 5.75 Å². The molecule has 2 heteroatoms. The van der Waals surface area contributed by atoms with Crippen molar-refractivity contribution in [2.45, 2.75) is 12.7 Å². The fraction of sp³-hybridized carbons (Fsp3) is 0.333. The van der Waals surface area contributed by atoms with Crippen molar-refractivity contribution in [3.05, 3.63) is 29.8 Å². The first-order chi connectivity index (χ1) is 5.36. The zero-order valence-corrected chi connectivity index (χ0v) is 7.47. The average Bonchev–Trinajstić information content (AvgIpc) is 2.07. The van der Waals surface area contributed by atoms with E-state index in [1.54, 1.807) is 0 Å². The van der Waals surface area contributed by atoms with E-state index in [1.807, 2.05) is 31.2 Å². The van der Waals surface area contributed by atoms with Gasteiger partial charge in [0.15, 0.2) is 0 Å². The van der Waals surface area contributed by atoms with E-state index in [9.17, 15) is 0 Å². The van der Waals surface area contributed by atoms with Gasteiger partial charge in [0.1, 0.15) is 5.75 Å². The molecule has 1 rings (SSSR count). The Labute approximate surface area is 72.8 Å². The standard InChI is InChI=1S/C9H12OS/c1-2-10-9-5-3-8(7-11)4-6-9/h3-6,11H,2,7H2,1H3. The molecule has 11 heavy (non-hydrogen) atoms. The van der Waals surface area contributed by atoms with E-state index in [0.29, 0.717) is 0 Å². The van der Waals surface area contributed by atoms with E-state index in [0.717, 1.165) is 18.1 Å². The lowest BCUT2D eigenvalue weighted by Crippen LogP contribution is -1.90. The number of benzene rings is 1. The highest BCUT2D eigenvalue weighted by atomic mass is 32.1. The van der Waals surface area contributed by atoms with Crippen LogP contribution in [-0.4, -0.2) is 6.61 Å². The Hall–Kier alpha value is -0.630. The first kappa shape index (κ1) is 8.47. The Morgan fingerprint density at radius 2 is 1.91 bits per heavy atom. The van der Waals surface area contributed by atoms with Gasteiger partial charge in [-0.1, -0.05) is 12.1 Å². The molecular weight excluding hydrogens is 156 g/mol. The SMILES string of the molecule is CCOc1ccc(CS)cc1. The molecule has 0 saturated heterocycles. The van der Waals surface area contributed by atoms with Crippen molar-refractivity contribution in [1.82, 2.24) is 0 Å². The summed E-state index contributed by atoms with van der Waals surface area (Å²) >= 11 is 4.16. The Morgan fingerprint density at radius 1 is 1.27 bits per heavy atom. The molecule has 0 spiro atoms. The van der Waals surface area contributed by atoms with Gasteiger partial charge in [-0.05, 0) is 24.6 Å². The summed E-state index contributed by atoms with van der Waals surface area (Å²) in [6, 6.07) is 7.99. The molecule has 60 valence electrons. The molecule has 0 aliphatic rings. The van der Waals surface area contributed by atoms with Gasteiger partial charge in [0.05, 0.1) is 6.61 Å². The van der Waals surface area contributed by atoms with Crippen molar-refractivity contribution in [1.29, 1.82) is 0 Å². The normalized spacial score (nSPS) is 9.64. The summed E-state index contributed by atoms with van der Waals surface area (Å²) in [5.74, 6) is 1.71. The minimum Gasteiger partial charge on any atom is -0.494 e. The predicted molar refractivity (Wildman–Crippen MR) is 50.3 cm³/mol. The molecule has 0 aliphatic heterocycles. The zero-order valence-electron chi connectivity index (χ0n) is 6.58. The van der Waals surface area contributed by atoms with Crippen LogP contribution < -0.4 is 4.74 Å². The van der Waals surface area contributed by atoms with Crippen LogP contribution in [-0.2, 0) is 5.75 Å². The van der Waals surface area contributed by atoms with Gasteiger partial charge in [-0.15, -0.1) is 0 Å². The van der Waals surface area contributed by atoms with Crippen molar-refractivity contribution >= 4 is 12.6 Å². The smallest absolute Gasteiger partial charge is 0.119 e. The van der Waals surface area contributed by atoms with Crippen molar-refractivity contribution in [2.24, 2.45) is 0 Å². The molecule has 0 atom stereocenters. The van der Waals surface area contributed by atoms with Crippen molar-refractivity contribution in [3.8, 4) is 5.75 Å². The third-order valence-corrected chi connectivity index (χ3v) is 1.78. The summed E-state index contributed by atoms with van der Waals surface area (Å²) in [4.78, 5) is 0. The second-order valence-electron chi connectivity index (χ2n) is 2.24. The van der Waals surface area contributed by atoms with E-state index in [-0.39, 0.29) is 0 Å². The van der Waals surface area contributed by atoms with Crippen LogP contribution in [0.5, 0.6) is 5.75 Å². The van der Waals surface area contributed by atoms with Crippen LogP contribution >= 0.6 is 12.6 Å². The maximum atomic E-state index is 5.28. The molecule has 0 unspecified atom stereocenters. The fourth-order valence-corrected chi connectivity index (χ4v) is 1.07. The summed E-state index contributed by atoms with van der Waals surface area (Å²) in [5, 5.41) is 0. The molecule has 0 fully saturated rings. The molecule has 1 nitrogen and oxygen atoms in total. The van der Waals surface area contributed by atoms with Gasteiger partial charge < -0.3 is 4.74 Å². The van der Waals surface area contributed by atoms with Crippen molar-refractivity contribution in [2.75, 3.05) is 6.61 Å². The molecule has 0 N–H and O–H groups in total. The zero-order chi connectivity index (χ0) is 8.10. The fourth-order valence-electron chi connectivity index (χ4n) is 0.858. The van der Waals surface area contributed by atoms with E-state index >= 15 is 0 Å². The molecular formula is C9H12OS. The van der Waals surface area contributed by atoms with Crippen LogP contribution in [0.4, 0.5) is 0 Å². The maximum absolute atomic E-state index is 5.28. The van der Waals surface area contributed by atoms with E-state index in [2.05, 4.69) is 12.6 Å². The van der Waals surface area contributed by atoms with Gasteiger partial charge in [-0.25, -0.2) is 0 Å². The first-order valence-corrected chi connectivity index (χ1v) is 4.32. The van der Waals surface area contributed by atoms with Gasteiger partial charge in [0.2, 0.25) is 0 Å². The molecule has 0 radical (unpaired) electrons. The maximum Gasteiger partial charge on any atom is 0.119 e. The lowest BCUT2D eigenvalue weighted by Gasteiger charge is -2.02. The highest BCUT2D eigenvalue weighted by Crippen LogP contribution is 2.12. The topological polar surface area (TPSA) is 9.23 Å². The van der Waals surface area contributed by atoms with Crippen LogP contribution in [0.2, 0.25) is 0 Å². The Balaban J connectivity index is 2.66. The van der Waals surface area contributed by atoms with Gasteiger partial charge >= 0.3 is 0 Å². The second kappa shape index (κ2) is 4.29. The molecule has 0 aliphatic carbocycles. The monoisotopic (exact) mass is 168 g/mol. The number of rotatable bonds is 3. The van der Waals surface area contributed by atoms with Gasteiger partial charge in [0.25, 0.3) is 0 Å². The quantitative estimate of drug-likeness (QED) is 0.682. The van der Waals surface area contributed by atoms with Crippen LogP contribution in [0.3, 0.4) is 0 Å². The molecule has 1 aromatic carbocycles. The number of thiol groups is 1. The van der Waals surface area contributed by atoms with Crippen LogP contribution in [0, 0.1) is 0 Å². The van der Waals surface area contributed by atoms with Crippen LogP contribution in [0.1, 0.15) is 12.5 Å². The van der Waals surface area contributed by atoms with E-state index < -0.39 is 0 Å². The lowest BCUT2D eigenvalue weighted by molar-refractivity contribution is 0.340. The molecule has 0 bridgehead atoms. The third kappa shape index (κ3) is 2.46. The van der Waals surface area contributed by atoms with Crippen LogP contribution in [0.25, 0.3) is 0 Å². The number of hydrogen-bond donors (Lipinski definition) is 1. The predicted octanol–water partition coefficient (Wildman–Crippen LogP) is 2.52. The van der Waals surface area contributed by atoms with E-state index in [4.69, 9.17) is 4.74 Å². The second-order valence-corrected chi connectivity index (χ2v) is 2.55. The highest BCUT2D eigenvalue weighted by Gasteiger charge is 1.91. The lowest BCUT2D eigenvalue weighted by atomic mass is 10.2. The summed E-state index contributed by atoms with van der Waals surface area (Å²) in [6.07, 6.45) is 0. The third-order valence-electron chi connectivity index (χ3n) is 1.42. The van der Waals surface area contributed by atoms with Crippen molar-refractivity contribution < 1.29 is 4.74 Å². The first-order valence-electron chi connectivity index (χ1n) is 3.69.